The molecular formula is C28H25N5O3S. The van der Waals surface area contributed by atoms with Crippen LogP contribution in [-0.4, -0.2) is 46.4 Å². The molecule has 186 valence electrons. The molecule has 0 radical (unpaired) electrons. The number of aromatic amines is 1. The van der Waals surface area contributed by atoms with Gasteiger partial charge in [0, 0.05) is 31.4 Å². The Balaban J connectivity index is 1.73. The number of sulfonamides is 1. The molecule has 2 heterocycles. The number of para-hydroxylation sites is 2. The number of aromatic nitrogens is 4. The molecule has 37 heavy (non-hydrogen) atoms. The molecule has 0 saturated carbocycles. The van der Waals surface area contributed by atoms with Crippen LogP contribution in [0.5, 0.6) is 0 Å². The molecule has 2 aromatic heterocycles. The van der Waals surface area contributed by atoms with Gasteiger partial charge in [0.05, 0.1) is 26.8 Å². The van der Waals surface area contributed by atoms with Crippen molar-refractivity contribution in [3.63, 3.8) is 0 Å². The standard InChI is InChI=1S/C28H25N5O3S/c1-20-26(28(34)33(29-20)24-14-8-5-9-15-24)18-22-19-32(23-12-6-4-7-13-23)30-27(22)21-11-10-16-25(17-21)37(35,36)31(2)3/h4-19,29H,1H2,2-3H3/b26-18-. The quantitative estimate of drug-likeness (QED) is 0.379. The zero-order chi connectivity index (χ0) is 26.2. The molecule has 0 fully saturated rings. The number of hydrogen-bond acceptors (Lipinski definition) is 4. The summed E-state index contributed by atoms with van der Waals surface area (Å²) in [5, 5.41) is 8.65. The lowest BCUT2D eigenvalue weighted by atomic mass is 10.1. The van der Waals surface area contributed by atoms with Gasteiger partial charge in [0.25, 0.3) is 5.56 Å². The highest BCUT2D eigenvalue weighted by Crippen LogP contribution is 2.27. The van der Waals surface area contributed by atoms with Gasteiger partial charge in [-0.3, -0.25) is 9.89 Å². The van der Waals surface area contributed by atoms with Gasteiger partial charge in [-0.05, 0) is 42.5 Å². The Labute approximate surface area is 214 Å². The Kier molecular flexibility index (Phi) is 6.24. The van der Waals surface area contributed by atoms with E-state index in [0.29, 0.717) is 33.1 Å². The fourth-order valence-electron chi connectivity index (χ4n) is 4.00. The van der Waals surface area contributed by atoms with Gasteiger partial charge in [0.15, 0.2) is 0 Å². The van der Waals surface area contributed by atoms with E-state index >= 15 is 0 Å². The highest BCUT2D eigenvalue weighted by molar-refractivity contribution is 7.89. The molecule has 0 bridgehead atoms. The monoisotopic (exact) mass is 511 g/mol. The minimum atomic E-state index is -3.65. The lowest BCUT2D eigenvalue weighted by molar-refractivity contribution is 0.521. The minimum absolute atomic E-state index is 0.154. The Hall–Kier alpha value is -4.47. The van der Waals surface area contributed by atoms with Crippen LogP contribution in [0.25, 0.3) is 35.3 Å². The molecule has 0 unspecified atom stereocenters. The first-order valence-corrected chi connectivity index (χ1v) is 12.9. The zero-order valence-corrected chi connectivity index (χ0v) is 21.2. The number of nitrogens with zero attached hydrogens (tertiary/aromatic N) is 4. The SMILES string of the molecule is C=c1[nH]n(-c2ccccc2)c(=O)/c1=C\c1cn(-c2ccccc2)nc1-c1cccc(S(=O)(=O)N(C)C)c1. The molecule has 1 N–H and O–H groups in total. The minimum Gasteiger partial charge on any atom is -0.291 e. The van der Waals surface area contributed by atoms with Crippen molar-refractivity contribution in [2.45, 2.75) is 4.90 Å². The van der Waals surface area contributed by atoms with Crippen LogP contribution < -0.4 is 16.1 Å². The Morgan fingerprint density at radius 1 is 0.919 bits per heavy atom. The third kappa shape index (κ3) is 4.57. The van der Waals surface area contributed by atoms with Crippen LogP contribution in [0.15, 0.2) is 101 Å². The first kappa shape index (κ1) is 24.2. The summed E-state index contributed by atoms with van der Waals surface area (Å²) < 4.78 is 29.9. The van der Waals surface area contributed by atoms with E-state index in [1.165, 1.54) is 23.1 Å². The third-order valence-electron chi connectivity index (χ3n) is 5.97. The fourth-order valence-corrected chi connectivity index (χ4v) is 4.95. The van der Waals surface area contributed by atoms with E-state index in [2.05, 4.69) is 11.7 Å². The first-order chi connectivity index (χ1) is 17.8. The van der Waals surface area contributed by atoms with Crippen LogP contribution in [0.2, 0.25) is 0 Å². The van der Waals surface area contributed by atoms with Gasteiger partial charge in [0.2, 0.25) is 10.0 Å². The van der Waals surface area contributed by atoms with E-state index < -0.39 is 10.0 Å². The predicted octanol–water partition coefficient (Wildman–Crippen LogP) is 2.51. The zero-order valence-electron chi connectivity index (χ0n) is 20.4. The van der Waals surface area contributed by atoms with Gasteiger partial charge in [-0.15, -0.1) is 0 Å². The maximum Gasteiger partial charge on any atom is 0.279 e. The average molecular weight is 512 g/mol. The van der Waals surface area contributed by atoms with Crippen LogP contribution in [0.4, 0.5) is 0 Å². The van der Waals surface area contributed by atoms with Crippen LogP contribution in [-0.2, 0) is 10.0 Å². The molecule has 8 nitrogen and oxygen atoms in total. The summed E-state index contributed by atoms with van der Waals surface area (Å²) in [6.45, 7) is 4.04. The molecule has 0 spiro atoms. The Morgan fingerprint density at radius 2 is 1.57 bits per heavy atom. The largest absolute Gasteiger partial charge is 0.291 e. The summed E-state index contributed by atoms with van der Waals surface area (Å²) in [7, 11) is -0.663. The number of rotatable bonds is 6. The van der Waals surface area contributed by atoms with Gasteiger partial charge in [-0.2, -0.15) is 5.10 Å². The summed E-state index contributed by atoms with van der Waals surface area (Å²) in [4.78, 5) is 13.5. The van der Waals surface area contributed by atoms with Gasteiger partial charge in [0.1, 0.15) is 5.69 Å². The van der Waals surface area contributed by atoms with E-state index in [4.69, 9.17) is 5.10 Å². The molecule has 3 aromatic carbocycles. The lowest BCUT2D eigenvalue weighted by Crippen LogP contribution is -2.33. The summed E-state index contributed by atoms with van der Waals surface area (Å²) in [6, 6.07) is 25.4. The maximum atomic E-state index is 13.3. The highest BCUT2D eigenvalue weighted by Gasteiger charge is 2.19. The smallest absolute Gasteiger partial charge is 0.279 e. The van der Waals surface area contributed by atoms with Gasteiger partial charge < -0.3 is 0 Å². The Morgan fingerprint density at radius 3 is 2.22 bits per heavy atom. The summed E-state index contributed by atoms with van der Waals surface area (Å²) in [6.07, 6.45) is 3.55. The first-order valence-electron chi connectivity index (χ1n) is 11.5. The summed E-state index contributed by atoms with van der Waals surface area (Å²) >= 11 is 0. The van der Waals surface area contributed by atoms with E-state index in [1.807, 2.05) is 66.9 Å². The van der Waals surface area contributed by atoms with Crippen molar-refractivity contribution in [2.75, 3.05) is 14.1 Å². The lowest BCUT2D eigenvalue weighted by Gasteiger charge is -2.12. The molecule has 0 saturated heterocycles. The predicted molar refractivity (Wildman–Crippen MR) is 145 cm³/mol. The normalized spacial score (nSPS) is 12.4. The molecule has 0 atom stereocenters. The second kappa shape index (κ2) is 9.53. The van der Waals surface area contributed by atoms with E-state index in [9.17, 15) is 13.2 Å². The number of H-pyrrole nitrogens is 1. The molecule has 0 aliphatic carbocycles. The number of hydrogen-bond donors (Lipinski definition) is 1. The third-order valence-corrected chi connectivity index (χ3v) is 7.78. The fraction of sp³-hybridized carbons (Fsp3) is 0.0714. The van der Waals surface area contributed by atoms with Crippen molar-refractivity contribution in [3.8, 4) is 22.6 Å². The van der Waals surface area contributed by atoms with Crippen molar-refractivity contribution >= 4 is 22.7 Å². The van der Waals surface area contributed by atoms with E-state index in [-0.39, 0.29) is 10.5 Å². The Bertz CT molecular complexity index is 1850. The van der Waals surface area contributed by atoms with Gasteiger partial charge in [-0.25, -0.2) is 22.1 Å². The maximum absolute atomic E-state index is 13.3. The van der Waals surface area contributed by atoms with Crippen molar-refractivity contribution in [1.29, 1.82) is 0 Å². The second-order valence-electron chi connectivity index (χ2n) is 8.65. The van der Waals surface area contributed by atoms with E-state index in [0.717, 1.165) is 5.69 Å². The van der Waals surface area contributed by atoms with E-state index in [1.54, 1.807) is 35.0 Å². The van der Waals surface area contributed by atoms with Crippen molar-refractivity contribution in [1.82, 2.24) is 23.9 Å². The summed E-state index contributed by atoms with van der Waals surface area (Å²) in [5.74, 6) is 0. The number of benzene rings is 3. The molecular weight excluding hydrogens is 486 g/mol. The number of nitrogens with one attached hydrogen (secondary N) is 1. The van der Waals surface area contributed by atoms with Crippen molar-refractivity contribution in [2.24, 2.45) is 0 Å². The van der Waals surface area contributed by atoms with Crippen molar-refractivity contribution in [3.05, 3.63) is 118 Å². The highest BCUT2D eigenvalue weighted by atomic mass is 32.2. The molecule has 0 aliphatic heterocycles. The van der Waals surface area contributed by atoms with Crippen LogP contribution in [0, 0.1) is 0 Å². The molecule has 5 aromatic rings. The second-order valence-corrected chi connectivity index (χ2v) is 10.8. The van der Waals surface area contributed by atoms with Crippen LogP contribution >= 0.6 is 0 Å². The van der Waals surface area contributed by atoms with Crippen LogP contribution in [0.3, 0.4) is 0 Å². The van der Waals surface area contributed by atoms with Crippen LogP contribution in [0.1, 0.15) is 5.56 Å². The molecule has 5 rings (SSSR count). The van der Waals surface area contributed by atoms with Gasteiger partial charge >= 0.3 is 0 Å². The van der Waals surface area contributed by atoms with Gasteiger partial charge in [-0.1, -0.05) is 55.1 Å². The topological polar surface area (TPSA) is 93.0 Å². The van der Waals surface area contributed by atoms with Crippen molar-refractivity contribution < 1.29 is 8.42 Å². The molecule has 0 amide bonds. The molecule has 0 aliphatic rings. The average Bonchev–Trinajstić information content (AvgIpc) is 3.46. The molecule has 9 heteroatoms. The summed E-state index contributed by atoms with van der Waals surface area (Å²) in [5.41, 5.74) is 3.05.